The summed E-state index contributed by atoms with van der Waals surface area (Å²) in [6.07, 6.45) is 2.94. The molecule has 1 saturated heterocycles. The van der Waals surface area contributed by atoms with Crippen LogP contribution in [0, 0.1) is 0 Å². The summed E-state index contributed by atoms with van der Waals surface area (Å²) < 4.78 is 50.7. The van der Waals surface area contributed by atoms with E-state index in [1.165, 1.54) is 12.5 Å². The predicted molar refractivity (Wildman–Crippen MR) is 74.6 cm³/mol. The molecule has 1 aromatic rings. The van der Waals surface area contributed by atoms with Crippen molar-refractivity contribution in [3.63, 3.8) is 0 Å². The first kappa shape index (κ1) is 15.5. The first-order valence-corrected chi connectivity index (χ1v) is 9.59. The number of hydrogen-bond donors (Lipinski definition) is 0. The van der Waals surface area contributed by atoms with Crippen LogP contribution >= 0.6 is 0 Å². The lowest BCUT2D eigenvalue weighted by atomic mass is 10.3. The second-order valence-corrected chi connectivity index (χ2v) is 9.60. The Morgan fingerprint density at radius 2 is 1.90 bits per heavy atom. The van der Waals surface area contributed by atoms with E-state index in [0.717, 1.165) is 4.31 Å². The van der Waals surface area contributed by atoms with E-state index in [-0.39, 0.29) is 29.9 Å². The molecule has 1 fully saturated rings. The standard InChI is InChI=1S/C11H19N3O4S2/c1-4-19(15,16)10-5-14(6-10)20(17,18)11-7-13(8-12-11)9(2)3/h7-10H,4-6H2,1-3H3. The van der Waals surface area contributed by atoms with Crippen molar-refractivity contribution < 1.29 is 16.8 Å². The van der Waals surface area contributed by atoms with Crippen LogP contribution in [0.2, 0.25) is 0 Å². The third-order valence-electron chi connectivity index (χ3n) is 3.50. The van der Waals surface area contributed by atoms with Gasteiger partial charge in [-0.15, -0.1) is 0 Å². The second-order valence-electron chi connectivity index (χ2n) is 5.15. The number of aromatic nitrogens is 2. The molecule has 0 atom stereocenters. The minimum Gasteiger partial charge on any atom is -0.334 e. The molecule has 0 unspecified atom stereocenters. The summed E-state index contributed by atoms with van der Waals surface area (Å²) >= 11 is 0. The van der Waals surface area contributed by atoms with Gasteiger partial charge >= 0.3 is 0 Å². The highest BCUT2D eigenvalue weighted by Crippen LogP contribution is 2.25. The van der Waals surface area contributed by atoms with E-state index >= 15 is 0 Å². The molecule has 0 bridgehead atoms. The van der Waals surface area contributed by atoms with Gasteiger partial charge in [0, 0.05) is 31.1 Å². The molecule has 1 aliphatic rings. The Balaban J connectivity index is 2.14. The average Bonchev–Trinajstić information content (AvgIpc) is 2.75. The predicted octanol–water partition coefficient (Wildman–Crippen LogP) is 0.272. The fraction of sp³-hybridized carbons (Fsp3) is 0.727. The van der Waals surface area contributed by atoms with Gasteiger partial charge in [0.2, 0.25) is 0 Å². The van der Waals surface area contributed by atoms with Gasteiger partial charge in [0.15, 0.2) is 14.9 Å². The summed E-state index contributed by atoms with van der Waals surface area (Å²) in [5.74, 6) is 0.0352. The Kier molecular flexibility index (Phi) is 3.96. The van der Waals surface area contributed by atoms with Crippen LogP contribution in [0.25, 0.3) is 0 Å². The quantitative estimate of drug-likeness (QED) is 0.776. The van der Waals surface area contributed by atoms with E-state index in [2.05, 4.69) is 4.98 Å². The Morgan fingerprint density at radius 3 is 2.35 bits per heavy atom. The molecule has 1 aromatic heterocycles. The van der Waals surface area contributed by atoms with Gasteiger partial charge in [0.1, 0.15) is 0 Å². The molecule has 0 N–H and O–H groups in total. The van der Waals surface area contributed by atoms with Crippen LogP contribution in [-0.2, 0) is 19.9 Å². The number of sulfonamides is 1. The molecule has 114 valence electrons. The zero-order valence-corrected chi connectivity index (χ0v) is 13.4. The summed E-state index contributed by atoms with van der Waals surface area (Å²) in [5, 5.41) is -0.618. The molecule has 0 saturated carbocycles. The molecule has 1 aliphatic heterocycles. The second kappa shape index (κ2) is 5.12. The smallest absolute Gasteiger partial charge is 0.262 e. The van der Waals surface area contributed by atoms with Crippen molar-refractivity contribution in [3.8, 4) is 0 Å². The summed E-state index contributed by atoms with van der Waals surface area (Å²) in [6, 6.07) is 0.121. The molecular weight excluding hydrogens is 302 g/mol. The Hall–Kier alpha value is -0.930. The summed E-state index contributed by atoms with van der Waals surface area (Å²) in [7, 11) is -6.86. The van der Waals surface area contributed by atoms with Crippen molar-refractivity contribution in [1.82, 2.24) is 13.9 Å². The maximum Gasteiger partial charge on any atom is 0.262 e. The molecule has 7 nitrogen and oxygen atoms in total. The van der Waals surface area contributed by atoms with Gasteiger partial charge in [-0.25, -0.2) is 21.8 Å². The summed E-state index contributed by atoms with van der Waals surface area (Å²) in [4.78, 5) is 3.90. The Bertz CT molecular complexity index is 685. The minimum atomic E-state index is -3.68. The lowest BCUT2D eigenvalue weighted by Crippen LogP contribution is -2.57. The first-order valence-electron chi connectivity index (χ1n) is 6.43. The van der Waals surface area contributed by atoms with E-state index in [1.54, 1.807) is 11.5 Å². The third kappa shape index (κ3) is 2.61. The molecule has 2 heterocycles. The lowest BCUT2D eigenvalue weighted by Gasteiger charge is -2.36. The van der Waals surface area contributed by atoms with E-state index in [1.807, 2.05) is 13.8 Å². The van der Waals surface area contributed by atoms with Crippen molar-refractivity contribution >= 4 is 19.9 Å². The third-order valence-corrected chi connectivity index (χ3v) is 7.34. The van der Waals surface area contributed by atoms with E-state index in [0.29, 0.717) is 0 Å². The normalized spacial score (nSPS) is 18.4. The highest BCUT2D eigenvalue weighted by Gasteiger charge is 2.43. The van der Waals surface area contributed by atoms with E-state index < -0.39 is 25.1 Å². The SMILES string of the molecule is CCS(=O)(=O)C1CN(S(=O)(=O)c2cn(C(C)C)cn2)C1. The zero-order chi connectivity index (χ0) is 15.1. The van der Waals surface area contributed by atoms with Crippen LogP contribution < -0.4 is 0 Å². The average molecular weight is 321 g/mol. The van der Waals surface area contributed by atoms with E-state index in [4.69, 9.17) is 0 Å². The van der Waals surface area contributed by atoms with Crippen LogP contribution in [-0.4, -0.2) is 54.8 Å². The highest BCUT2D eigenvalue weighted by molar-refractivity contribution is 7.92. The maximum atomic E-state index is 12.3. The van der Waals surface area contributed by atoms with E-state index in [9.17, 15) is 16.8 Å². The maximum absolute atomic E-state index is 12.3. The van der Waals surface area contributed by atoms with Gasteiger partial charge in [-0.05, 0) is 13.8 Å². The number of sulfone groups is 1. The largest absolute Gasteiger partial charge is 0.334 e. The summed E-state index contributed by atoms with van der Waals surface area (Å²) in [6.45, 7) is 5.45. The minimum absolute atomic E-state index is 0.0209. The van der Waals surface area contributed by atoms with Gasteiger partial charge in [-0.2, -0.15) is 4.31 Å². The van der Waals surface area contributed by atoms with Crippen molar-refractivity contribution in [2.75, 3.05) is 18.8 Å². The Morgan fingerprint density at radius 1 is 1.30 bits per heavy atom. The van der Waals surface area contributed by atoms with Crippen molar-refractivity contribution in [1.29, 1.82) is 0 Å². The molecule has 9 heteroatoms. The number of rotatable bonds is 5. The number of imidazole rings is 1. The molecule has 0 aliphatic carbocycles. The van der Waals surface area contributed by atoms with Crippen molar-refractivity contribution in [2.24, 2.45) is 0 Å². The lowest BCUT2D eigenvalue weighted by molar-refractivity contribution is 0.309. The fourth-order valence-corrected chi connectivity index (χ4v) is 4.85. The molecule has 0 spiro atoms. The number of nitrogens with zero attached hydrogens (tertiary/aromatic N) is 3. The molecule has 0 radical (unpaired) electrons. The topological polar surface area (TPSA) is 89.3 Å². The van der Waals surface area contributed by atoms with Crippen molar-refractivity contribution in [3.05, 3.63) is 12.5 Å². The van der Waals surface area contributed by atoms with Gasteiger partial charge in [-0.1, -0.05) is 6.92 Å². The molecule has 0 amide bonds. The van der Waals surface area contributed by atoms with Crippen LogP contribution in [0.3, 0.4) is 0 Å². The number of hydrogen-bond acceptors (Lipinski definition) is 5. The van der Waals surface area contributed by atoms with Gasteiger partial charge in [0.25, 0.3) is 10.0 Å². The van der Waals surface area contributed by atoms with Gasteiger partial charge in [-0.3, -0.25) is 0 Å². The van der Waals surface area contributed by atoms with Crippen LogP contribution in [0.4, 0.5) is 0 Å². The first-order chi connectivity index (χ1) is 9.18. The van der Waals surface area contributed by atoms with Gasteiger partial charge in [0.05, 0.1) is 11.6 Å². The highest BCUT2D eigenvalue weighted by atomic mass is 32.2. The zero-order valence-electron chi connectivity index (χ0n) is 11.7. The molecule has 2 rings (SSSR count). The van der Waals surface area contributed by atoms with Crippen LogP contribution in [0.5, 0.6) is 0 Å². The summed E-state index contributed by atoms with van der Waals surface area (Å²) in [5.41, 5.74) is 0. The van der Waals surface area contributed by atoms with Crippen molar-refractivity contribution in [2.45, 2.75) is 37.1 Å². The molecular formula is C11H19N3O4S2. The molecule has 20 heavy (non-hydrogen) atoms. The van der Waals surface area contributed by atoms with Crippen LogP contribution in [0.15, 0.2) is 17.6 Å². The molecule has 0 aromatic carbocycles. The monoisotopic (exact) mass is 321 g/mol. The fourth-order valence-electron chi connectivity index (χ4n) is 1.93. The van der Waals surface area contributed by atoms with Crippen LogP contribution in [0.1, 0.15) is 26.8 Å². The Labute approximate surface area is 119 Å². The van der Waals surface area contributed by atoms with Gasteiger partial charge < -0.3 is 4.57 Å².